The van der Waals surface area contributed by atoms with Gasteiger partial charge in [0.25, 0.3) is 5.91 Å². The Bertz CT molecular complexity index is 774. The van der Waals surface area contributed by atoms with E-state index in [-0.39, 0.29) is 13.1 Å². The third-order valence-electron chi connectivity index (χ3n) is 3.51. The second kappa shape index (κ2) is 8.37. The first-order valence-corrected chi connectivity index (χ1v) is 7.64. The number of carbonyl (C=O) groups excluding carboxylic acids is 2. The number of methoxy groups -OCH3 is 1. The van der Waals surface area contributed by atoms with Crippen molar-refractivity contribution in [2.24, 2.45) is 0 Å². The molecule has 2 N–H and O–H groups in total. The Hall–Kier alpha value is -3.03. The summed E-state index contributed by atoms with van der Waals surface area (Å²) in [6.07, 6.45) is -4.40. The first-order valence-electron chi connectivity index (χ1n) is 7.64. The lowest BCUT2D eigenvalue weighted by molar-refractivity contribution is -0.137. The van der Waals surface area contributed by atoms with Gasteiger partial charge in [-0.25, -0.2) is 0 Å². The fourth-order valence-corrected chi connectivity index (χ4v) is 2.10. The summed E-state index contributed by atoms with van der Waals surface area (Å²) < 4.78 is 42.5. The van der Waals surface area contributed by atoms with E-state index in [2.05, 4.69) is 10.6 Å². The standard InChI is InChI=1S/C18H17F3N2O3/c1-26-15-4-2-3-13(9-15)17(25)23-11-16(24)22-10-12-5-7-14(8-6-12)18(19,20)21/h2-9H,10-11H2,1H3,(H,22,24)(H,23,25). The molecule has 0 spiro atoms. The molecule has 0 aliphatic heterocycles. The third-order valence-corrected chi connectivity index (χ3v) is 3.51. The highest BCUT2D eigenvalue weighted by molar-refractivity contribution is 5.96. The van der Waals surface area contributed by atoms with Gasteiger partial charge in [0, 0.05) is 12.1 Å². The first-order chi connectivity index (χ1) is 12.3. The monoisotopic (exact) mass is 366 g/mol. The van der Waals surface area contributed by atoms with Crippen molar-refractivity contribution in [3.05, 3.63) is 65.2 Å². The second-order valence-corrected chi connectivity index (χ2v) is 5.39. The largest absolute Gasteiger partial charge is 0.497 e. The highest BCUT2D eigenvalue weighted by atomic mass is 19.4. The number of hydrogen-bond donors (Lipinski definition) is 2. The van der Waals surface area contributed by atoms with Crippen molar-refractivity contribution >= 4 is 11.8 Å². The van der Waals surface area contributed by atoms with Gasteiger partial charge in [-0.1, -0.05) is 18.2 Å². The Morgan fingerprint density at radius 2 is 1.73 bits per heavy atom. The van der Waals surface area contributed by atoms with Crippen LogP contribution in [0.5, 0.6) is 5.75 Å². The molecule has 2 aromatic rings. The molecule has 2 rings (SSSR count). The molecule has 0 aliphatic carbocycles. The molecular formula is C18H17F3N2O3. The number of alkyl halides is 3. The van der Waals surface area contributed by atoms with Crippen molar-refractivity contribution < 1.29 is 27.5 Å². The first kappa shape index (κ1) is 19.3. The summed E-state index contributed by atoms with van der Waals surface area (Å²) in [4.78, 5) is 23.7. The summed E-state index contributed by atoms with van der Waals surface area (Å²) in [6, 6.07) is 10.9. The van der Waals surface area contributed by atoms with Gasteiger partial charge in [-0.2, -0.15) is 13.2 Å². The smallest absolute Gasteiger partial charge is 0.416 e. The maximum absolute atomic E-state index is 12.5. The molecule has 0 radical (unpaired) electrons. The van der Waals surface area contributed by atoms with Crippen LogP contribution in [-0.2, 0) is 17.5 Å². The number of carbonyl (C=O) groups is 2. The average molecular weight is 366 g/mol. The van der Waals surface area contributed by atoms with Crippen LogP contribution in [0.3, 0.4) is 0 Å². The van der Waals surface area contributed by atoms with E-state index < -0.39 is 23.6 Å². The molecule has 5 nitrogen and oxygen atoms in total. The van der Waals surface area contributed by atoms with Gasteiger partial charge >= 0.3 is 6.18 Å². The van der Waals surface area contributed by atoms with Crippen LogP contribution in [0.1, 0.15) is 21.5 Å². The summed E-state index contributed by atoms with van der Waals surface area (Å²) in [5.74, 6) is -0.376. The molecule has 0 unspecified atom stereocenters. The zero-order valence-electron chi connectivity index (χ0n) is 13.9. The molecule has 0 heterocycles. The number of rotatable bonds is 6. The SMILES string of the molecule is COc1cccc(C(=O)NCC(=O)NCc2ccc(C(F)(F)F)cc2)c1. The highest BCUT2D eigenvalue weighted by Gasteiger charge is 2.29. The van der Waals surface area contributed by atoms with E-state index >= 15 is 0 Å². The van der Waals surface area contributed by atoms with Crippen LogP contribution in [0.15, 0.2) is 48.5 Å². The zero-order valence-corrected chi connectivity index (χ0v) is 13.9. The van der Waals surface area contributed by atoms with Crippen molar-refractivity contribution in [1.29, 1.82) is 0 Å². The lowest BCUT2D eigenvalue weighted by Crippen LogP contribution is -2.36. The van der Waals surface area contributed by atoms with Crippen molar-refractivity contribution in [3.8, 4) is 5.75 Å². The summed E-state index contributed by atoms with van der Waals surface area (Å²) in [6.45, 7) is -0.192. The topological polar surface area (TPSA) is 67.4 Å². The highest BCUT2D eigenvalue weighted by Crippen LogP contribution is 2.29. The minimum absolute atomic E-state index is 0.0615. The predicted molar refractivity (Wildman–Crippen MR) is 88.6 cm³/mol. The van der Waals surface area contributed by atoms with Gasteiger partial charge in [0.2, 0.25) is 5.91 Å². The molecule has 0 bridgehead atoms. The summed E-state index contributed by atoms with van der Waals surface area (Å²) >= 11 is 0. The van der Waals surface area contributed by atoms with Crippen LogP contribution in [0.4, 0.5) is 13.2 Å². The molecular weight excluding hydrogens is 349 g/mol. The van der Waals surface area contributed by atoms with Gasteiger partial charge in [0.1, 0.15) is 5.75 Å². The maximum Gasteiger partial charge on any atom is 0.416 e. The van der Waals surface area contributed by atoms with Crippen molar-refractivity contribution in [2.45, 2.75) is 12.7 Å². The number of nitrogens with one attached hydrogen (secondary N) is 2. The molecule has 2 amide bonds. The number of benzene rings is 2. The lowest BCUT2D eigenvalue weighted by atomic mass is 10.1. The minimum Gasteiger partial charge on any atom is -0.497 e. The van der Waals surface area contributed by atoms with E-state index in [1.54, 1.807) is 18.2 Å². The molecule has 26 heavy (non-hydrogen) atoms. The van der Waals surface area contributed by atoms with Gasteiger partial charge < -0.3 is 15.4 Å². The summed E-state index contributed by atoms with van der Waals surface area (Å²) in [7, 11) is 1.48. The Balaban J connectivity index is 1.80. The molecule has 0 aromatic heterocycles. The molecule has 8 heteroatoms. The van der Waals surface area contributed by atoms with Crippen LogP contribution >= 0.6 is 0 Å². The Morgan fingerprint density at radius 3 is 2.35 bits per heavy atom. The van der Waals surface area contributed by atoms with Crippen LogP contribution < -0.4 is 15.4 Å². The summed E-state index contributed by atoms with van der Waals surface area (Å²) in [5.41, 5.74) is 0.114. The summed E-state index contributed by atoms with van der Waals surface area (Å²) in [5, 5.41) is 4.99. The van der Waals surface area contributed by atoms with E-state index in [9.17, 15) is 22.8 Å². The number of hydrogen-bond acceptors (Lipinski definition) is 3. The van der Waals surface area contributed by atoms with Crippen molar-refractivity contribution in [2.75, 3.05) is 13.7 Å². The number of amides is 2. The van der Waals surface area contributed by atoms with Gasteiger partial charge in [-0.3, -0.25) is 9.59 Å². The molecule has 0 atom stereocenters. The van der Waals surface area contributed by atoms with Crippen LogP contribution in [0, 0.1) is 0 Å². The van der Waals surface area contributed by atoms with Crippen LogP contribution in [-0.4, -0.2) is 25.5 Å². The predicted octanol–water partition coefficient (Wildman–Crippen LogP) is 2.76. The lowest BCUT2D eigenvalue weighted by Gasteiger charge is -2.09. The fourth-order valence-electron chi connectivity index (χ4n) is 2.10. The molecule has 0 saturated heterocycles. The maximum atomic E-state index is 12.5. The normalized spacial score (nSPS) is 10.9. The van der Waals surface area contributed by atoms with Gasteiger partial charge in [-0.15, -0.1) is 0 Å². The van der Waals surface area contributed by atoms with E-state index in [0.29, 0.717) is 16.9 Å². The Labute approximate surface area is 148 Å². The number of ether oxygens (including phenoxy) is 1. The molecule has 0 aliphatic rings. The van der Waals surface area contributed by atoms with Gasteiger partial charge in [-0.05, 0) is 35.9 Å². The van der Waals surface area contributed by atoms with E-state index in [0.717, 1.165) is 12.1 Å². The number of halogens is 3. The zero-order chi connectivity index (χ0) is 19.2. The van der Waals surface area contributed by atoms with Gasteiger partial charge in [0.15, 0.2) is 0 Å². The Morgan fingerprint density at radius 1 is 1.04 bits per heavy atom. The van der Waals surface area contributed by atoms with Crippen LogP contribution in [0.25, 0.3) is 0 Å². The molecule has 138 valence electrons. The van der Waals surface area contributed by atoms with E-state index in [1.807, 2.05) is 0 Å². The van der Waals surface area contributed by atoms with E-state index in [1.165, 1.54) is 25.3 Å². The fraction of sp³-hybridized carbons (Fsp3) is 0.222. The Kier molecular flexibility index (Phi) is 6.21. The third kappa shape index (κ3) is 5.51. The quantitative estimate of drug-likeness (QED) is 0.826. The molecule has 2 aromatic carbocycles. The van der Waals surface area contributed by atoms with Crippen molar-refractivity contribution in [3.63, 3.8) is 0 Å². The minimum atomic E-state index is -4.40. The molecule has 0 saturated carbocycles. The second-order valence-electron chi connectivity index (χ2n) is 5.39. The average Bonchev–Trinajstić information content (AvgIpc) is 2.64. The van der Waals surface area contributed by atoms with Gasteiger partial charge in [0.05, 0.1) is 19.2 Å². The van der Waals surface area contributed by atoms with E-state index in [4.69, 9.17) is 4.74 Å². The molecule has 0 fully saturated rings. The van der Waals surface area contributed by atoms with Crippen LogP contribution in [0.2, 0.25) is 0 Å². The van der Waals surface area contributed by atoms with Crippen molar-refractivity contribution in [1.82, 2.24) is 10.6 Å².